The van der Waals surface area contributed by atoms with Crippen LogP contribution in [0.4, 0.5) is 23.2 Å². The predicted octanol–water partition coefficient (Wildman–Crippen LogP) is 8.12. The van der Waals surface area contributed by atoms with Crippen LogP contribution < -0.4 is 9.64 Å². The molecule has 48 heavy (non-hydrogen) atoms. The summed E-state index contributed by atoms with van der Waals surface area (Å²) in [5, 5.41) is 0. The van der Waals surface area contributed by atoms with Crippen LogP contribution in [-0.2, 0) is 33.3 Å². The van der Waals surface area contributed by atoms with Crippen LogP contribution in [0, 0.1) is 17.7 Å². The van der Waals surface area contributed by atoms with Gasteiger partial charge in [-0.1, -0.05) is 13.0 Å². The van der Waals surface area contributed by atoms with E-state index in [1.165, 1.54) is 11.1 Å². The van der Waals surface area contributed by atoms with Gasteiger partial charge >= 0.3 is 12.1 Å². The third-order valence-corrected chi connectivity index (χ3v) is 9.48. The molecule has 0 aliphatic heterocycles. The normalized spacial score (nSPS) is 21.4. The van der Waals surface area contributed by atoms with E-state index in [-0.39, 0.29) is 41.6 Å². The van der Waals surface area contributed by atoms with Crippen molar-refractivity contribution in [2.45, 2.75) is 89.5 Å². The average molecular weight is 672 g/mol. The number of nitrogens with zero attached hydrogens (tertiary/aromatic N) is 3. The van der Waals surface area contributed by atoms with E-state index in [2.05, 4.69) is 16.9 Å². The summed E-state index contributed by atoms with van der Waals surface area (Å²) in [4.78, 5) is 37.0. The smallest absolute Gasteiger partial charge is 0.421 e. The highest BCUT2D eigenvalue weighted by Gasteiger charge is 2.39. The molecule has 1 aromatic carbocycles. The van der Waals surface area contributed by atoms with Crippen molar-refractivity contribution in [2.75, 3.05) is 19.1 Å². The van der Waals surface area contributed by atoms with Crippen LogP contribution in [0.5, 0.6) is 11.6 Å². The van der Waals surface area contributed by atoms with Gasteiger partial charge in [-0.25, -0.2) is 14.2 Å². The van der Waals surface area contributed by atoms with Crippen molar-refractivity contribution < 1.29 is 41.4 Å². The lowest BCUT2D eigenvalue weighted by atomic mass is 9.81. The molecule has 8 nitrogen and oxygen atoms in total. The van der Waals surface area contributed by atoms with Crippen LogP contribution in [0.15, 0.2) is 48.8 Å². The lowest BCUT2D eigenvalue weighted by Crippen LogP contribution is -2.47. The fourth-order valence-electron chi connectivity index (χ4n) is 6.67. The van der Waals surface area contributed by atoms with Gasteiger partial charge in [0.2, 0.25) is 11.8 Å². The Kier molecular flexibility index (Phi) is 11.3. The highest BCUT2D eigenvalue weighted by atomic mass is 19.4. The van der Waals surface area contributed by atoms with Crippen LogP contribution in [-0.4, -0.2) is 48.2 Å². The number of methoxy groups -OCH3 is 2. The lowest BCUT2D eigenvalue weighted by Gasteiger charge is -2.40. The van der Waals surface area contributed by atoms with Gasteiger partial charge in [0.15, 0.2) is 11.6 Å². The molecule has 0 radical (unpaired) electrons. The fraction of sp³-hybridized carbons (Fsp3) is 0.500. The van der Waals surface area contributed by atoms with E-state index in [0.717, 1.165) is 38.2 Å². The number of ether oxygens (including phenoxy) is 3. The van der Waals surface area contributed by atoms with Gasteiger partial charge in [-0.2, -0.15) is 13.2 Å². The van der Waals surface area contributed by atoms with Gasteiger partial charge in [-0.15, -0.1) is 0 Å². The summed E-state index contributed by atoms with van der Waals surface area (Å²) in [7, 11) is 2.77. The van der Waals surface area contributed by atoms with Crippen LogP contribution >= 0.6 is 0 Å². The molecule has 0 N–H and O–H groups in total. The van der Waals surface area contributed by atoms with Gasteiger partial charge in [-0.05, 0) is 93.9 Å². The summed E-state index contributed by atoms with van der Waals surface area (Å²) in [6, 6.07) is 7.87. The molecule has 2 aromatic heterocycles. The number of carbonyl (C=O) groups is 2. The van der Waals surface area contributed by atoms with E-state index >= 15 is 4.39 Å². The van der Waals surface area contributed by atoms with Gasteiger partial charge in [0.1, 0.15) is 5.56 Å². The van der Waals surface area contributed by atoms with Crippen molar-refractivity contribution in [3.05, 3.63) is 77.0 Å². The third-order valence-electron chi connectivity index (χ3n) is 9.48. The number of alkyl halides is 3. The van der Waals surface area contributed by atoms with E-state index in [4.69, 9.17) is 14.2 Å². The van der Waals surface area contributed by atoms with E-state index in [1.807, 2.05) is 0 Å². The molecule has 0 unspecified atom stereocenters. The van der Waals surface area contributed by atoms with Crippen LogP contribution in [0.25, 0.3) is 0 Å². The van der Waals surface area contributed by atoms with Crippen LogP contribution in [0.1, 0.15) is 85.5 Å². The first-order valence-corrected chi connectivity index (χ1v) is 16.4. The monoisotopic (exact) mass is 671 g/mol. The van der Waals surface area contributed by atoms with E-state index in [1.54, 1.807) is 31.5 Å². The fourth-order valence-corrected chi connectivity index (χ4v) is 6.67. The number of anilines is 1. The first-order valence-electron chi connectivity index (χ1n) is 16.4. The average Bonchev–Trinajstić information content (AvgIpc) is 3.09. The maximum absolute atomic E-state index is 15.9. The second-order valence-corrected chi connectivity index (χ2v) is 12.7. The Balaban J connectivity index is 1.50. The number of aromatic nitrogens is 2. The summed E-state index contributed by atoms with van der Waals surface area (Å²) in [6.45, 7) is 2.14. The molecule has 12 heteroatoms. The summed E-state index contributed by atoms with van der Waals surface area (Å²) >= 11 is 0. The molecule has 2 aliphatic carbocycles. The Bertz CT molecular complexity index is 1570. The molecule has 258 valence electrons. The molecule has 2 saturated carbocycles. The number of rotatable bonds is 10. The number of carbonyl (C=O) groups excluding carboxylic acids is 2. The minimum absolute atomic E-state index is 0.00469. The quantitative estimate of drug-likeness (QED) is 0.159. The maximum atomic E-state index is 15.9. The number of hydrogen-bond donors (Lipinski definition) is 0. The maximum Gasteiger partial charge on any atom is 0.421 e. The summed E-state index contributed by atoms with van der Waals surface area (Å²) in [5.41, 5.74) is -0.379. The Morgan fingerprint density at radius 3 is 2.29 bits per heavy atom. The van der Waals surface area contributed by atoms with Crippen molar-refractivity contribution in [2.24, 2.45) is 11.8 Å². The number of esters is 1. The topological polar surface area (TPSA) is 90.9 Å². The molecule has 2 fully saturated rings. The van der Waals surface area contributed by atoms with Crippen molar-refractivity contribution in [3.8, 4) is 11.6 Å². The standard InChI is InChI=1S/C36H41F4N3O5/c1-22-7-10-24(11-8-22)34(44)43(26-13-15-27(46-2)16-14-26)31-20-30(37)32(19-28(31)35(45)47-3)48-33-29(36(38,39)40)18-23(21-42-33)9-12-25-6-4-5-17-41-25/h4-6,17-22,24,26-27H,7-16H2,1-3H3. The largest absolute Gasteiger partial charge is 0.465 e. The molecule has 1 amide bonds. The van der Waals surface area contributed by atoms with Crippen molar-refractivity contribution in [1.82, 2.24) is 9.97 Å². The predicted molar refractivity (Wildman–Crippen MR) is 170 cm³/mol. The Hall–Kier alpha value is -4.06. The van der Waals surface area contributed by atoms with Gasteiger partial charge < -0.3 is 19.1 Å². The highest BCUT2D eigenvalue weighted by Crippen LogP contribution is 2.41. The number of aryl methyl sites for hydroxylation is 2. The molecule has 5 rings (SSSR count). The van der Waals surface area contributed by atoms with Gasteiger partial charge in [-0.3, -0.25) is 9.78 Å². The molecular weight excluding hydrogens is 630 g/mol. The second kappa shape index (κ2) is 15.4. The van der Waals surface area contributed by atoms with Crippen LogP contribution in [0.3, 0.4) is 0 Å². The lowest BCUT2D eigenvalue weighted by molar-refractivity contribution is -0.139. The zero-order chi connectivity index (χ0) is 34.4. The number of halogens is 4. The number of amides is 1. The molecule has 0 bridgehead atoms. The van der Waals surface area contributed by atoms with E-state index < -0.39 is 35.2 Å². The Morgan fingerprint density at radius 1 is 0.938 bits per heavy atom. The second-order valence-electron chi connectivity index (χ2n) is 12.7. The summed E-state index contributed by atoms with van der Waals surface area (Å²) < 4.78 is 74.6. The summed E-state index contributed by atoms with van der Waals surface area (Å²) in [5.74, 6) is -3.47. The van der Waals surface area contributed by atoms with Crippen molar-refractivity contribution >= 4 is 17.6 Å². The first kappa shape index (κ1) is 35.3. The molecule has 3 aromatic rings. The van der Waals surface area contributed by atoms with E-state index in [0.29, 0.717) is 62.1 Å². The number of benzene rings is 1. The molecular formula is C36H41F4N3O5. The van der Waals surface area contributed by atoms with Gasteiger partial charge in [0, 0.05) is 49.3 Å². The van der Waals surface area contributed by atoms with Gasteiger partial charge in [0.05, 0.1) is 24.5 Å². The molecule has 0 atom stereocenters. The SMILES string of the molecule is COC(=O)c1cc(Oc2ncc(CCc3ccccn3)cc2C(F)(F)F)c(F)cc1N(C(=O)C1CCC(C)CC1)C1CCC(OC)CC1. The number of hydrogen-bond acceptors (Lipinski definition) is 7. The zero-order valence-electron chi connectivity index (χ0n) is 27.4. The molecule has 2 aliphatic rings. The zero-order valence-corrected chi connectivity index (χ0v) is 27.4. The van der Waals surface area contributed by atoms with E-state index in [9.17, 15) is 22.8 Å². The Labute approximate surface area is 277 Å². The summed E-state index contributed by atoms with van der Waals surface area (Å²) in [6.07, 6.45) is 4.21. The molecule has 2 heterocycles. The van der Waals surface area contributed by atoms with Crippen molar-refractivity contribution in [3.63, 3.8) is 0 Å². The minimum Gasteiger partial charge on any atom is -0.465 e. The van der Waals surface area contributed by atoms with Crippen molar-refractivity contribution in [1.29, 1.82) is 0 Å². The highest BCUT2D eigenvalue weighted by molar-refractivity contribution is 6.04. The Morgan fingerprint density at radius 2 is 1.67 bits per heavy atom. The first-order chi connectivity index (χ1) is 23.0. The van der Waals surface area contributed by atoms with Crippen LogP contribution in [0.2, 0.25) is 0 Å². The third kappa shape index (κ3) is 8.32. The molecule has 0 saturated heterocycles. The van der Waals surface area contributed by atoms with Gasteiger partial charge in [0.25, 0.3) is 0 Å². The molecule has 0 spiro atoms. The number of pyridine rings is 2. The minimum atomic E-state index is -4.87.